The molecule has 0 aliphatic carbocycles. The third kappa shape index (κ3) is 5.47. The number of anilines is 1. The zero-order valence-corrected chi connectivity index (χ0v) is 18.5. The fraction of sp³-hybridized carbons (Fsp3) is 0.435. The molecule has 2 aromatic heterocycles. The van der Waals surface area contributed by atoms with Crippen molar-refractivity contribution in [3.63, 3.8) is 0 Å². The maximum absolute atomic E-state index is 11.7. The molecule has 1 saturated heterocycles. The van der Waals surface area contributed by atoms with Crippen LogP contribution in [0.15, 0.2) is 47.2 Å². The van der Waals surface area contributed by atoms with Gasteiger partial charge < -0.3 is 14.2 Å². The number of rotatable bonds is 8. The molecule has 0 amide bonds. The van der Waals surface area contributed by atoms with Gasteiger partial charge in [-0.1, -0.05) is 35.5 Å². The Morgan fingerprint density at radius 2 is 1.91 bits per heavy atom. The van der Waals surface area contributed by atoms with E-state index in [1.165, 1.54) is 18.0 Å². The lowest BCUT2D eigenvalue weighted by Gasteiger charge is -2.30. The molecule has 0 unspecified atom stereocenters. The number of carbonyl (C=O) groups is 1. The molecular formula is C23H28N6O3. The van der Waals surface area contributed by atoms with Crippen LogP contribution in [-0.4, -0.2) is 57.7 Å². The summed E-state index contributed by atoms with van der Waals surface area (Å²) in [5.41, 5.74) is 1.66. The molecular weight excluding hydrogens is 408 g/mol. The molecule has 168 valence electrons. The Hall–Kier alpha value is -3.33. The number of piperidine rings is 1. The molecule has 1 aliphatic rings. The van der Waals surface area contributed by atoms with E-state index in [0.717, 1.165) is 38.3 Å². The maximum Gasteiger partial charge on any atom is 0.341 e. The van der Waals surface area contributed by atoms with Crippen LogP contribution in [0, 0.1) is 0 Å². The molecule has 4 rings (SSSR count). The van der Waals surface area contributed by atoms with E-state index >= 15 is 0 Å². The van der Waals surface area contributed by atoms with E-state index in [4.69, 9.17) is 9.26 Å². The third-order valence-electron chi connectivity index (χ3n) is 5.55. The summed E-state index contributed by atoms with van der Waals surface area (Å²) < 4.78 is 10.4. The van der Waals surface area contributed by atoms with Crippen molar-refractivity contribution in [2.45, 2.75) is 38.8 Å². The van der Waals surface area contributed by atoms with Gasteiger partial charge in [0.05, 0.1) is 18.7 Å². The van der Waals surface area contributed by atoms with E-state index in [1.54, 1.807) is 11.8 Å². The van der Waals surface area contributed by atoms with Crippen molar-refractivity contribution in [2.24, 2.45) is 0 Å². The van der Waals surface area contributed by atoms with Crippen molar-refractivity contribution < 1.29 is 14.1 Å². The lowest BCUT2D eigenvalue weighted by Crippen LogP contribution is -2.32. The number of carbonyl (C=O) groups excluding carboxylic acids is 1. The second-order valence-electron chi connectivity index (χ2n) is 7.93. The van der Waals surface area contributed by atoms with Gasteiger partial charge in [-0.05, 0) is 38.4 Å². The van der Waals surface area contributed by atoms with Gasteiger partial charge in [0.2, 0.25) is 11.8 Å². The number of hydrogen-bond acceptors (Lipinski definition) is 9. The quantitative estimate of drug-likeness (QED) is 0.493. The summed E-state index contributed by atoms with van der Waals surface area (Å²) in [5.74, 6) is 1.63. The number of esters is 1. The summed E-state index contributed by atoms with van der Waals surface area (Å²) in [5, 5.41) is 4.22. The Bertz CT molecular complexity index is 1000. The SMILES string of the molecule is CCOC(=O)c1cnc(N(C)Cc2nc(C3CCN(Cc4ccccc4)CC3)no2)nc1. The molecule has 0 spiro atoms. The molecule has 3 aromatic rings. The first-order valence-electron chi connectivity index (χ1n) is 10.9. The zero-order chi connectivity index (χ0) is 22.3. The van der Waals surface area contributed by atoms with Gasteiger partial charge in [-0.15, -0.1) is 0 Å². The van der Waals surface area contributed by atoms with Crippen molar-refractivity contribution in [1.29, 1.82) is 0 Å². The molecule has 0 atom stereocenters. The molecule has 1 fully saturated rings. The summed E-state index contributed by atoms with van der Waals surface area (Å²) in [6.07, 6.45) is 4.94. The van der Waals surface area contributed by atoms with E-state index in [1.807, 2.05) is 13.1 Å². The minimum Gasteiger partial charge on any atom is -0.462 e. The molecule has 0 saturated carbocycles. The lowest BCUT2D eigenvalue weighted by molar-refractivity contribution is 0.0525. The fourth-order valence-electron chi connectivity index (χ4n) is 3.80. The van der Waals surface area contributed by atoms with Crippen LogP contribution in [0.4, 0.5) is 5.95 Å². The molecule has 32 heavy (non-hydrogen) atoms. The van der Waals surface area contributed by atoms with Crippen LogP contribution in [-0.2, 0) is 17.8 Å². The van der Waals surface area contributed by atoms with Crippen molar-refractivity contribution in [3.8, 4) is 0 Å². The number of hydrogen-bond donors (Lipinski definition) is 0. The van der Waals surface area contributed by atoms with Gasteiger partial charge in [0.25, 0.3) is 0 Å². The summed E-state index contributed by atoms with van der Waals surface area (Å²) >= 11 is 0. The molecule has 0 bridgehead atoms. The van der Waals surface area contributed by atoms with Crippen LogP contribution in [0.25, 0.3) is 0 Å². The molecule has 0 radical (unpaired) electrons. The van der Waals surface area contributed by atoms with Crippen molar-refractivity contribution in [2.75, 3.05) is 31.6 Å². The molecule has 9 nitrogen and oxygen atoms in total. The van der Waals surface area contributed by atoms with E-state index in [0.29, 0.717) is 36.5 Å². The highest BCUT2D eigenvalue weighted by Crippen LogP contribution is 2.27. The number of ether oxygens (including phenoxy) is 1. The Morgan fingerprint density at radius 3 is 2.59 bits per heavy atom. The van der Waals surface area contributed by atoms with Crippen molar-refractivity contribution in [3.05, 3.63) is 65.6 Å². The highest BCUT2D eigenvalue weighted by Gasteiger charge is 2.25. The summed E-state index contributed by atoms with van der Waals surface area (Å²) in [4.78, 5) is 29.1. The normalized spacial score (nSPS) is 14.9. The Labute approximate surface area is 187 Å². The van der Waals surface area contributed by atoms with E-state index in [2.05, 4.69) is 49.3 Å². The molecule has 1 aromatic carbocycles. The van der Waals surface area contributed by atoms with Gasteiger partial charge in [0.1, 0.15) is 0 Å². The maximum atomic E-state index is 11.7. The van der Waals surface area contributed by atoms with Gasteiger partial charge in [-0.2, -0.15) is 4.98 Å². The van der Waals surface area contributed by atoms with E-state index < -0.39 is 5.97 Å². The van der Waals surface area contributed by atoms with Crippen LogP contribution in [0.2, 0.25) is 0 Å². The minimum absolute atomic E-state index is 0.310. The van der Waals surface area contributed by atoms with E-state index in [9.17, 15) is 4.79 Å². The van der Waals surface area contributed by atoms with Crippen LogP contribution in [0.5, 0.6) is 0 Å². The topological polar surface area (TPSA) is 97.5 Å². The highest BCUT2D eigenvalue weighted by atomic mass is 16.5. The Balaban J connectivity index is 1.29. The largest absolute Gasteiger partial charge is 0.462 e. The monoisotopic (exact) mass is 436 g/mol. The first-order chi connectivity index (χ1) is 15.6. The summed E-state index contributed by atoms with van der Waals surface area (Å²) in [6, 6.07) is 10.6. The Kier molecular flexibility index (Phi) is 7.06. The Morgan fingerprint density at radius 1 is 1.19 bits per heavy atom. The lowest BCUT2D eigenvalue weighted by atomic mass is 9.96. The van der Waals surface area contributed by atoms with Crippen LogP contribution in [0.3, 0.4) is 0 Å². The standard InChI is InChI=1S/C23H28N6O3/c1-3-31-22(30)19-13-24-23(25-14-19)28(2)16-20-26-21(27-32-20)18-9-11-29(12-10-18)15-17-7-5-4-6-8-17/h4-8,13-14,18H,3,9-12,15-16H2,1-2H3. The van der Waals surface area contributed by atoms with Gasteiger partial charge >= 0.3 is 5.97 Å². The molecule has 9 heteroatoms. The number of nitrogens with zero attached hydrogens (tertiary/aromatic N) is 6. The third-order valence-corrected chi connectivity index (χ3v) is 5.55. The predicted octanol–water partition coefficient (Wildman–Crippen LogP) is 3.05. The van der Waals surface area contributed by atoms with Crippen molar-refractivity contribution in [1.82, 2.24) is 25.0 Å². The minimum atomic E-state index is -0.432. The first kappa shape index (κ1) is 21.9. The summed E-state index contributed by atoms with van der Waals surface area (Å²) in [6.45, 7) is 5.47. The van der Waals surface area contributed by atoms with Crippen LogP contribution >= 0.6 is 0 Å². The fourth-order valence-corrected chi connectivity index (χ4v) is 3.80. The van der Waals surface area contributed by atoms with Crippen LogP contribution in [0.1, 0.15) is 53.3 Å². The van der Waals surface area contributed by atoms with Gasteiger partial charge in [0.15, 0.2) is 5.82 Å². The second-order valence-corrected chi connectivity index (χ2v) is 7.93. The highest BCUT2D eigenvalue weighted by molar-refractivity contribution is 5.88. The summed E-state index contributed by atoms with van der Waals surface area (Å²) in [7, 11) is 1.84. The molecule has 3 heterocycles. The number of aromatic nitrogens is 4. The van der Waals surface area contributed by atoms with E-state index in [-0.39, 0.29) is 0 Å². The van der Waals surface area contributed by atoms with Crippen LogP contribution < -0.4 is 4.90 Å². The average molecular weight is 437 g/mol. The van der Waals surface area contributed by atoms with Crippen molar-refractivity contribution >= 4 is 11.9 Å². The predicted molar refractivity (Wildman–Crippen MR) is 118 cm³/mol. The van der Waals surface area contributed by atoms with Gasteiger partial charge in [-0.3, -0.25) is 4.90 Å². The smallest absolute Gasteiger partial charge is 0.341 e. The van der Waals surface area contributed by atoms with Gasteiger partial charge in [0, 0.05) is 31.9 Å². The second kappa shape index (κ2) is 10.3. The average Bonchev–Trinajstić information content (AvgIpc) is 3.29. The molecule has 1 aliphatic heterocycles. The van der Waals surface area contributed by atoms with Gasteiger partial charge in [-0.25, -0.2) is 14.8 Å². The number of benzene rings is 1. The molecule has 0 N–H and O–H groups in total. The number of likely N-dealkylation sites (tertiary alicyclic amines) is 1. The zero-order valence-electron chi connectivity index (χ0n) is 18.5. The first-order valence-corrected chi connectivity index (χ1v) is 10.9.